The molecule has 28 heavy (non-hydrogen) atoms. The fraction of sp³-hybridized carbons (Fsp3) is 0.350. The maximum atomic E-state index is 12.8. The van der Waals surface area contributed by atoms with Crippen molar-refractivity contribution in [1.82, 2.24) is 9.88 Å². The monoisotopic (exact) mass is 415 g/mol. The molecule has 0 aliphatic carbocycles. The lowest BCUT2D eigenvalue weighted by molar-refractivity contribution is 0.0526. The molecule has 3 aromatic rings. The van der Waals surface area contributed by atoms with Crippen LogP contribution in [-0.2, 0) is 17.7 Å². The molecule has 0 unspecified atom stereocenters. The number of anilines is 1. The number of likely N-dealkylation sites (N-methyl/N-ethyl adjacent to an activating group) is 1. The van der Waals surface area contributed by atoms with Crippen molar-refractivity contribution in [3.8, 4) is 0 Å². The highest BCUT2D eigenvalue weighted by molar-refractivity contribution is 7.20. The molecule has 2 aromatic heterocycles. The number of hydrogen-bond acceptors (Lipinski definition) is 7. The predicted molar refractivity (Wildman–Crippen MR) is 113 cm³/mol. The van der Waals surface area contributed by atoms with Gasteiger partial charge in [-0.2, -0.15) is 0 Å². The number of nitrogens with one attached hydrogen (secondary N) is 1. The Morgan fingerprint density at radius 3 is 2.82 bits per heavy atom. The van der Waals surface area contributed by atoms with Gasteiger partial charge in [0.05, 0.1) is 22.4 Å². The summed E-state index contributed by atoms with van der Waals surface area (Å²) in [5, 5.41) is 3.87. The van der Waals surface area contributed by atoms with Crippen LogP contribution in [0.25, 0.3) is 10.2 Å². The molecular weight excluding hydrogens is 394 g/mol. The Labute approximate surface area is 171 Å². The maximum Gasteiger partial charge on any atom is 0.341 e. The highest BCUT2D eigenvalue weighted by Gasteiger charge is 2.29. The Hall–Kier alpha value is -2.29. The second-order valence-electron chi connectivity index (χ2n) is 6.49. The molecule has 6 nitrogen and oxygen atoms in total. The van der Waals surface area contributed by atoms with E-state index in [9.17, 15) is 9.59 Å². The zero-order valence-corrected chi connectivity index (χ0v) is 17.4. The summed E-state index contributed by atoms with van der Waals surface area (Å²) in [5.41, 5.74) is 2.31. The zero-order valence-electron chi connectivity index (χ0n) is 15.8. The molecule has 3 heterocycles. The van der Waals surface area contributed by atoms with Gasteiger partial charge in [0, 0.05) is 18.0 Å². The van der Waals surface area contributed by atoms with Crippen molar-refractivity contribution >= 4 is 49.8 Å². The molecule has 0 atom stereocenters. The SMILES string of the molecule is CCOC(=O)c1c(NC(=O)c2nc3ccccc3s2)sc2c1CCN(CC)C2. The van der Waals surface area contributed by atoms with Crippen molar-refractivity contribution in [2.75, 3.05) is 25.0 Å². The van der Waals surface area contributed by atoms with Crippen LogP contribution in [0.3, 0.4) is 0 Å². The first-order valence-corrected chi connectivity index (χ1v) is 10.9. The Bertz CT molecular complexity index is 1010. The summed E-state index contributed by atoms with van der Waals surface area (Å²) < 4.78 is 6.23. The highest BCUT2D eigenvalue weighted by Crippen LogP contribution is 2.38. The van der Waals surface area contributed by atoms with E-state index in [1.807, 2.05) is 24.3 Å². The van der Waals surface area contributed by atoms with Crippen LogP contribution >= 0.6 is 22.7 Å². The molecule has 0 bridgehead atoms. The van der Waals surface area contributed by atoms with Crippen molar-refractivity contribution in [3.63, 3.8) is 0 Å². The van der Waals surface area contributed by atoms with Gasteiger partial charge in [-0.3, -0.25) is 9.69 Å². The van der Waals surface area contributed by atoms with Gasteiger partial charge in [0.15, 0.2) is 5.01 Å². The number of hydrogen-bond donors (Lipinski definition) is 1. The van der Waals surface area contributed by atoms with Gasteiger partial charge < -0.3 is 10.1 Å². The summed E-state index contributed by atoms with van der Waals surface area (Å²) in [7, 11) is 0. The van der Waals surface area contributed by atoms with Gasteiger partial charge in [-0.05, 0) is 37.6 Å². The number of esters is 1. The largest absolute Gasteiger partial charge is 0.462 e. The van der Waals surface area contributed by atoms with E-state index >= 15 is 0 Å². The zero-order chi connectivity index (χ0) is 19.7. The number of fused-ring (bicyclic) bond motifs is 2. The van der Waals surface area contributed by atoms with E-state index in [4.69, 9.17) is 4.74 Å². The summed E-state index contributed by atoms with van der Waals surface area (Å²) in [6.07, 6.45) is 0.783. The van der Waals surface area contributed by atoms with Crippen LogP contribution in [0.5, 0.6) is 0 Å². The van der Waals surface area contributed by atoms with Gasteiger partial charge >= 0.3 is 5.97 Å². The molecule has 0 fully saturated rings. The first-order chi connectivity index (χ1) is 13.6. The van der Waals surface area contributed by atoms with Crippen LogP contribution in [0.1, 0.15) is 44.4 Å². The fourth-order valence-electron chi connectivity index (χ4n) is 3.36. The number of thiophene rings is 1. The number of rotatable bonds is 5. The van der Waals surface area contributed by atoms with Gasteiger partial charge in [-0.25, -0.2) is 9.78 Å². The topological polar surface area (TPSA) is 71.5 Å². The molecule has 146 valence electrons. The van der Waals surface area contributed by atoms with E-state index in [1.54, 1.807) is 6.92 Å². The van der Waals surface area contributed by atoms with E-state index < -0.39 is 0 Å². The molecule has 0 radical (unpaired) electrons. The van der Waals surface area contributed by atoms with Gasteiger partial charge in [0.25, 0.3) is 5.91 Å². The highest BCUT2D eigenvalue weighted by atomic mass is 32.1. The average molecular weight is 416 g/mol. The summed E-state index contributed by atoms with van der Waals surface area (Å²) >= 11 is 2.81. The van der Waals surface area contributed by atoms with E-state index in [0.29, 0.717) is 22.2 Å². The first kappa shape index (κ1) is 19.0. The Morgan fingerprint density at radius 1 is 1.25 bits per heavy atom. The third-order valence-corrected chi connectivity index (χ3v) is 6.95. The first-order valence-electron chi connectivity index (χ1n) is 9.31. The van der Waals surface area contributed by atoms with Crippen molar-refractivity contribution in [2.45, 2.75) is 26.8 Å². The van der Waals surface area contributed by atoms with Gasteiger partial charge in [-0.15, -0.1) is 22.7 Å². The maximum absolute atomic E-state index is 12.8. The number of para-hydroxylation sites is 1. The van der Waals surface area contributed by atoms with Crippen molar-refractivity contribution in [3.05, 3.63) is 45.3 Å². The average Bonchev–Trinajstić information content (AvgIpc) is 3.28. The quantitative estimate of drug-likeness (QED) is 0.634. The number of carbonyl (C=O) groups excluding carboxylic acids is 2. The summed E-state index contributed by atoms with van der Waals surface area (Å²) in [5.74, 6) is -0.665. The van der Waals surface area contributed by atoms with Crippen molar-refractivity contribution < 1.29 is 14.3 Å². The third kappa shape index (κ3) is 3.55. The minimum absolute atomic E-state index is 0.294. The predicted octanol–water partition coefficient (Wildman–Crippen LogP) is 4.16. The van der Waals surface area contributed by atoms with Crippen LogP contribution in [0.15, 0.2) is 24.3 Å². The van der Waals surface area contributed by atoms with E-state index in [1.165, 1.54) is 22.7 Å². The lowest BCUT2D eigenvalue weighted by Crippen LogP contribution is -2.30. The molecule has 1 amide bonds. The van der Waals surface area contributed by atoms with Crippen molar-refractivity contribution in [2.24, 2.45) is 0 Å². The summed E-state index contributed by atoms with van der Waals surface area (Å²) in [4.78, 5) is 33.3. The molecule has 1 aliphatic rings. The minimum Gasteiger partial charge on any atom is -0.462 e. The number of amides is 1. The van der Waals surface area contributed by atoms with Crippen LogP contribution in [0.2, 0.25) is 0 Å². The lowest BCUT2D eigenvalue weighted by atomic mass is 10.0. The fourth-order valence-corrected chi connectivity index (χ4v) is 5.49. The van der Waals surface area contributed by atoms with Crippen molar-refractivity contribution in [1.29, 1.82) is 0 Å². The molecule has 0 saturated heterocycles. The molecular formula is C20H21N3O3S2. The van der Waals surface area contributed by atoms with E-state index in [-0.39, 0.29) is 11.9 Å². The van der Waals surface area contributed by atoms with Crippen LogP contribution in [0.4, 0.5) is 5.00 Å². The lowest BCUT2D eigenvalue weighted by Gasteiger charge is -2.25. The second-order valence-corrected chi connectivity index (χ2v) is 8.62. The number of thiazole rings is 1. The van der Waals surface area contributed by atoms with Crippen LogP contribution in [-0.4, -0.2) is 41.5 Å². The smallest absolute Gasteiger partial charge is 0.341 e. The Kier molecular flexibility index (Phi) is 5.43. The Morgan fingerprint density at radius 2 is 2.07 bits per heavy atom. The van der Waals surface area contributed by atoms with Gasteiger partial charge in [-0.1, -0.05) is 19.1 Å². The number of nitrogens with zero attached hydrogens (tertiary/aromatic N) is 2. The number of carbonyl (C=O) groups is 2. The van der Waals surface area contributed by atoms with Crippen LogP contribution in [0, 0.1) is 0 Å². The second kappa shape index (κ2) is 7.98. The molecule has 0 spiro atoms. The molecule has 1 aromatic carbocycles. The number of benzene rings is 1. The molecule has 1 aliphatic heterocycles. The molecule has 4 rings (SSSR count). The van der Waals surface area contributed by atoms with E-state index in [0.717, 1.165) is 46.7 Å². The van der Waals surface area contributed by atoms with Gasteiger partial charge in [0.2, 0.25) is 0 Å². The third-order valence-electron chi connectivity index (χ3n) is 4.78. The number of aromatic nitrogens is 1. The standard InChI is InChI=1S/C20H21N3O3S2/c1-3-23-10-9-12-15(11-23)28-18(16(12)20(25)26-4-2)22-17(24)19-21-13-7-5-6-8-14(13)27-19/h5-8H,3-4,9-11H2,1-2H3,(H,22,24). The Balaban J connectivity index is 1.67. The van der Waals surface area contributed by atoms with Crippen LogP contribution < -0.4 is 5.32 Å². The summed E-state index contributed by atoms with van der Waals surface area (Å²) in [6.45, 7) is 6.86. The number of ether oxygens (including phenoxy) is 1. The molecule has 1 N–H and O–H groups in total. The van der Waals surface area contributed by atoms with E-state index in [2.05, 4.69) is 22.1 Å². The summed E-state index contributed by atoms with van der Waals surface area (Å²) in [6, 6.07) is 7.65. The molecule has 8 heteroatoms. The van der Waals surface area contributed by atoms with Gasteiger partial charge in [0.1, 0.15) is 5.00 Å². The normalized spacial score (nSPS) is 14.1. The minimum atomic E-state index is -0.371. The molecule has 0 saturated carbocycles.